The maximum atomic E-state index is 13.6. The topological polar surface area (TPSA) is 179 Å². The highest BCUT2D eigenvalue weighted by Crippen LogP contribution is 2.42. The van der Waals surface area contributed by atoms with Gasteiger partial charge in [0.05, 0.1) is 5.56 Å². The van der Waals surface area contributed by atoms with E-state index in [4.69, 9.17) is 8.83 Å². The van der Waals surface area contributed by atoms with Gasteiger partial charge in [-0.1, -0.05) is 0 Å². The second-order valence-electron chi connectivity index (χ2n) is 13.2. The number of carboxylic acid groups (broad SMARTS) is 1. The highest BCUT2D eigenvalue weighted by Gasteiger charge is 2.27. The predicted molar refractivity (Wildman–Crippen MR) is 200 cm³/mol. The highest BCUT2D eigenvalue weighted by molar-refractivity contribution is 6.09. The number of aromatic hydroxyl groups is 1. The quantitative estimate of drug-likeness (QED) is 0.0968. The van der Waals surface area contributed by atoms with Crippen molar-refractivity contribution >= 4 is 45.4 Å². The fraction of sp³-hybridized carbons (Fsp3) is 0.244. The van der Waals surface area contributed by atoms with E-state index < -0.39 is 23.4 Å². The molecule has 53 heavy (non-hydrogen) atoms. The Morgan fingerprint density at radius 2 is 1.45 bits per heavy atom. The lowest BCUT2D eigenvalue weighted by Crippen LogP contribution is -2.44. The first-order valence-corrected chi connectivity index (χ1v) is 17.5. The number of nitrogens with zero attached hydrogens (tertiary/aromatic N) is 1. The summed E-state index contributed by atoms with van der Waals surface area (Å²) in [7, 11) is 0. The molecule has 1 aliphatic heterocycles. The van der Waals surface area contributed by atoms with E-state index in [9.17, 15) is 34.2 Å². The van der Waals surface area contributed by atoms with E-state index in [0.29, 0.717) is 53.2 Å². The van der Waals surface area contributed by atoms with Crippen molar-refractivity contribution in [2.24, 2.45) is 0 Å². The Morgan fingerprint density at radius 1 is 0.736 bits per heavy atom. The number of carbonyl (C=O) groups is 3. The van der Waals surface area contributed by atoms with Crippen molar-refractivity contribution < 1.29 is 33.4 Å². The first-order valence-electron chi connectivity index (χ1n) is 17.5. The number of phenolic OH excluding ortho intramolecular Hbond substituents is 1. The van der Waals surface area contributed by atoms with Gasteiger partial charge >= 0.3 is 11.6 Å². The molecule has 0 unspecified atom stereocenters. The van der Waals surface area contributed by atoms with Crippen LogP contribution in [0, 0.1) is 0 Å². The van der Waals surface area contributed by atoms with Crippen LogP contribution in [0.2, 0.25) is 0 Å². The Morgan fingerprint density at radius 3 is 2.15 bits per heavy atom. The molecule has 0 radical (unpaired) electrons. The molecule has 2 amide bonds. The summed E-state index contributed by atoms with van der Waals surface area (Å²) >= 11 is 0. The Kier molecular flexibility index (Phi) is 9.44. The van der Waals surface area contributed by atoms with Crippen LogP contribution in [-0.2, 0) is 0 Å². The van der Waals surface area contributed by atoms with Gasteiger partial charge in [-0.2, -0.15) is 0 Å². The van der Waals surface area contributed by atoms with Crippen molar-refractivity contribution in [3.63, 3.8) is 0 Å². The fourth-order valence-electron chi connectivity index (χ4n) is 7.19. The molecule has 3 aliphatic rings. The summed E-state index contributed by atoms with van der Waals surface area (Å²) in [6.07, 6.45) is 2.25. The molecule has 12 heteroatoms. The minimum atomic E-state index is -1.21. The molecule has 1 aromatic heterocycles. The number of amides is 2. The molecule has 0 bridgehead atoms. The first kappa shape index (κ1) is 35.0. The van der Waals surface area contributed by atoms with Gasteiger partial charge in [-0.15, -0.1) is 0 Å². The molecule has 1 saturated carbocycles. The summed E-state index contributed by atoms with van der Waals surface area (Å²) in [5.74, 6) is -1.99. The molecule has 0 atom stereocenters. The van der Waals surface area contributed by atoms with Crippen LogP contribution in [0.4, 0.5) is 5.69 Å². The van der Waals surface area contributed by atoms with Crippen molar-refractivity contribution in [2.45, 2.75) is 51.6 Å². The lowest BCUT2D eigenvalue weighted by atomic mass is 9.89. The van der Waals surface area contributed by atoms with Gasteiger partial charge in [0, 0.05) is 76.5 Å². The third-order valence-electron chi connectivity index (χ3n) is 9.95. The zero-order chi connectivity index (χ0) is 37.4. The number of benzene rings is 4. The third kappa shape index (κ3) is 6.95. The number of anilines is 1. The first-order chi connectivity index (χ1) is 25.5. The third-order valence-corrected chi connectivity index (χ3v) is 9.95. The van der Waals surface area contributed by atoms with E-state index in [2.05, 4.69) is 15.5 Å². The van der Waals surface area contributed by atoms with Crippen LogP contribution >= 0.6 is 0 Å². The number of carbonyl (C=O) groups excluding carboxylic acids is 2. The molecule has 0 spiro atoms. The molecule has 270 valence electrons. The van der Waals surface area contributed by atoms with Gasteiger partial charge in [0.2, 0.25) is 0 Å². The smallest absolute Gasteiger partial charge is 0.349 e. The summed E-state index contributed by atoms with van der Waals surface area (Å²) in [6, 6.07) is 19.7. The number of hydrogen-bond donors (Lipinski definition) is 4. The van der Waals surface area contributed by atoms with Gasteiger partial charge in [0.1, 0.15) is 28.2 Å². The second kappa shape index (κ2) is 14.3. The maximum absolute atomic E-state index is 13.6. The molecule has 0 saturated heterocycles. The average Bonchev–Trinajstić information content (AvgIpc) is 3.14. The van der Waals surface area contributed by atoms with Gasteiger partial charge in [0.25, 0.3) is 11.8 Å². The van der Waals surface area contributed by atoms with E-state index in [-0.39, 0.29) is 56.9 Å². The van der Waals surface area contributed by atoms with Crippen LogP contribution in [0.15, 0.2) is 97.3 Å². The summed E-state index contributed by atoms with van der Waals surface area (Å²) in [4.78, 5) is 66.4. The van der Waals surface area contributed by atoms with Gasteiger partial charge in [-0.3, -0.25) is 14.4 Å². The summed E-state index contributed by atoms with van der Waals surface area (Å²) in [6.45, 7) is 5.70. The van der Waals surface area contributed by atoms with E-state index >= 15 is 0 Å². The molecule has 4 N–H and O–H groups in total. The number of aromatic carboxylic acids is 1. The van der Waals surface area contributed by atoms with Gasteiger partial charge < -0.3 is 34.6 Å². The molecular formula is C41H37N3O9. The van der Waals surface area contributed by atoms with Crippen molar-refractivity contribution in [1.82, 2.24) is 10.6 Å². The standard InChI is InChI=1S/C41H37N3O9/c1-3-44(4-2)26-11-5-22-17-33(41(51)53-34(22)19-26)39(48)43-25-9-7-24(8-10-25)42-38(47)23-6-14-29(40(49)50)32(18-23)37-30-15-12-27(45)20-35(30)52-36-21-28(46)13-16-31(36)37/h5-6,11-21,24-25,45H,3-4,7-10H2,1-2H3,(H,42,47)(H,43,48)(H,49,50). The van der Waals surface area contributed by atoms with Crippen molar-refractivity contribution in [3.8, 4) is 28.2 Å². The van der Waals surface area contributed by atoms with Crippen LogP contribution < -0.4 is 26.6 Å². The molecular weight excluding hydrogens is 678 g/mol. The minimum Gasteiger partial charge on any atom is -0.508 e. The molecule has 1 fully saturated rings. The van der Waals surface area contributed by atoms with Gasteiger partial charge in [-0.25, -0.2) is 9.59 Å². The molecule has 2 heterocycles. The molecule has 12 nitrogen and oxygen atoms in total. The summed E-state index contributed by atoms with van der Waals surface area (Å²) in [5, 5.41) is 27.4. The Bertz CT molecular complexity index is 2490. The predicted octanol–water partition coefficient (Wildman–Crippen LogP) is 6.39. The number of phenols is 1. The zero-order valence-corrected chi connectivity index (χ0v) is 29.1. The van der Waals surface area contributed by atoms with Crippen LogP contribution in [-0.4, -0.2) is 53.2 Å². The van der Waals surface area contributed by atoms with Crippen molar-refractivity contribution in [3.05, 3.63) is 116 Å². The SMILES string of the molecule is CCN(CC)c1ccc2cc(C(=O)NC3CCC(NC(=O)c4ccc(C(=O)O)c(-c5c6ccc(=O)cc-6oc6cc(O)ccc56)c4)CC3)c(=O)oc2c1. The van der Waals surface area contributed by atoms with E-state index in [1.54, 1.807) is 24.3 Å². The summed E-state index contributed by atoms with van der Waals surface area (Å²) in [5.41, 5.74) is 1.82. The lowest BCUT2D eigenvalue weighted by molar-refractivity contribution is 0.0696. The zero-order valence-electron chi connectivity index (χ0n) is 29.1. The van der Waals surface area contributed by atoms with Crippen molar-refractivity contribution in [2.75, 3.05) is 18.0 Å². The number of hydrogen-bond acceptors (Lipinski definition) is 9. The summed E-state index contributed by atoms with van der Waals surface area (Å²) < 4.78 is 11.5. The highest BCUT2D eigenvalue weighted by atomic mass is 16.4. The van der Waals surface area contributed by atoms with Crippen LogP contribution in [0.3, 0.4) is 0 Å². The Balaban J connectivity index is 1.06. The van der Waals surface area contributed by atoms with E-state index in [0.717, 1.165) is 18.8 Å². The average molecular weight is 716 g/mol. The number of fused-ring (bicyclic) bond motifs is 3. The van der Waals surface area contributed by atoms with Crippen LogP contribution in [0.5, 0.6) is 5.75 Å². The minimum absolute atomic E-state index is 0.0595. The van der Waals surface area contributed by atoms with Crippen LogP contribution in [0.1, 0.15) is 70.6 Å². The number of nitrogens with one attached hydrogen (secondary N) is 2. The van der Waals surface area contributed by atoms with Gasteiger partial charge in [0.15, 0.2) is 5.43 Å². The van der Waals surface area contributed by atoms with E-state index in [1.807, 2.05) is 26.0 Å². The van der Waals surface area contributed by atoms with Crippen molar-refractivity contribution in [1.29, 1.82) is 0 Å². The monoisotopic (exact) mass is 715 g/mol. The molecule has 4 aromatic rings. The van der Waals surface area contributed by atoms with Crippen LogP contribution in [0.25, 0.3) is 44.4 Å². The fourth-order valence-corrected chi connectivity index (χ4v) is 7.19. The maximum Gasteiger partial charge on any atom is 0.349 e. The van der Waals surface area contributed by atoms with Gasteiger partial charge in [-0.05, 0) is 106 Å². The molecule has 7 rings (SSSR count). The molecule has 2 aliphatic carbocycles. The normalized spacial score (nSPS) is 15.7. The number of carboxylic acids is 1. The molecule has 3 aromatic carbocycles. The second-order valence-corrected chi connectivity index (χ2v) is 13.2. The van der Waals surface area contributed by atoms with E-state index in [1.165, 1.54) is 42.5 Å². The Hall–Kier alpha value is -6.43. The Labute approximate surface area is 303 Å². The lowest BCUT2D eigenvalue weighted by Gasteiger charge is -2.29. The number of rotatable bonds is 9. The largest absolute Gasteiger partial charge is 0.508 e.